The molecule has 0 radical (unpaired) electrons. The van der Waals surface area contributed by atoms with E-state index < -0.39 is 0 Å². The van der Waals surface area contributed by atoms with Gasteiger partial charge < -0.3 is 10.2 Å². The van der Waals surface area contributed by atoms with Crippen LogP contribution in [-0.2, 0) is 6.42 Å². The third kappa shape index (κ3) is 2.26. The van der Waals surface area contributed by atoms with Crippen LogP contribution in [0.3, 0.4) is 0 Å². The molecule has 1 aromatic heterocycles. The molecule has 1 atom stereocenters. The second-order valence-corrected chi connectivity index (χ2v) is 4.00. The molecular formula is C11H18N4. The predicted octanol–water partition coefficient (Wildman–Crippen LogP) is 0.837. The van der Waals surface area contributed by atoms with Crippen LogP contribution in [0.15, 0.2) is 12.4 Å². The first-order valence-electron chi connectivity index (χ1n) is 5.55. The minimum absolute atomic E-state index is 0.539. The van der Waals surface area contributed by atoms with Crippen LogP contribution in [0.1, 0.15) is 18.9 Å². The number of hydrogen-bond donors (Lipinski definition) is 1. The summed E-state index contributed by atoms with van der Waals surface area (Å²) in [6, 6.07) is 0.539. The third-order valence-electron chi connectivity index (χ3n) is 3.00. The van der Waals surface area contributed by atoms with Crippen molar-refractivity contribution in [1.82, 2.24) is 15.3 Å². The zero-order valence-electron chi connectivity index (χ0n) is 9.40. The minimum Gasteiger partial charge on any atom is -0.340 e. The normalized spacial score (nSPS) is 20.5. The fourth-order valence-corrected chi connectivity index (χ4v) is 1.85. The zero-order valence-corrected chi connectivity index (χ0v) is 9.40. The summed E-state index contributed by atoms with van der Waals surface area (Å²) in [6.07, 6.45) is 6.01. The van der Waals surface area contributed by atoms with Crippen LogP contribution in [0.5, 0.6) is 0 Å². The van der Waals surface area contributed by atoms with Crippen molar-refractivity contribution in [2.75, 3.05) is 25.0 Å². The van der Waals surface area contributed by atoms with E-state index in [2.05, 4.69) is 34.2 Å². The average Bonchev–Trinajstić information content (AvgIpc) is 2.82. The van der Waals surface area contributed by atoms with Crippen molar-refractivity contribution in [3.8, 4) is 0 Å². The lowest BCUT2D eigenvalue weighted by Crippen LogP contribution is -2.34. The number of hydrogen-bond acceptors (Lipinski definition) is 4. The molecule has 82 valence electrons. The highest BCUT2D eigenvalue weighted by Gasteiger charge is 2.20. The molecule has 1 aliphatic heterocycles. The van der Waals surface area contributed by atoms with Crippen molar-refractivity contribution < 1.29 is 0 Å². The number of aromatic nitrogens is 2. The van der Waals surface area contributed by atoms with Gasteiger partial charge in [-0.1, -0.05) is 6.92 Å². The number of nitrogens with one attached hydrogen (secondary N) is 1. The number of nitrogens with zero attached hydrogens (tertiary/aromatic N) is 3. The van der Waals surface area contributed by atoms with Crippen LogP contribution in [0.4, 0.5) is 5.95 Å². The van der Waals surface area contributed by atoms with Gasteiger partial charge in [0.15, 0.2) is 0 Å². The summed E-state index contributed by atoms with van der Waals surface area (Å²) in [5, 5.41) is 3.35. The number of anilines is 1. The first kappa shape index (κ1) is 10.4. The molecule has 1 unspecified atom stereocenters. The summed E-state index contributed by atoms with van der Waals surface area (Å²) < 4.78 is 0. The highest BCUT2D eigenvalue weighted by molar-refractivity contribution is 5.31. The lowest BCUT2D eigenvalue weighted by Gasteiger charge is -2.23. The van der Waals surface area contributed by atoms with Crippen LogP contribution < -0.4 is 10.2 Å². The molecule has 0 amide bonds. The number of likely N-dealkylation sites (N-methyl/N-ethyl adjacent to an activating group) is 1. The van der Waals surface area contributed by atoms with Gasteiger partial charge in [-0.25, -0.2) is 9.97 Å². The molecule has 1 aliphatic rings. The molecule has 1 N–H and O–H groups in total. The van der Waals surface area contributed by atoms with Gasteiger partial charge >= 0.3 is 0 Å². The fraction of sp³-hybridized carbons (Fsp3) is 0.636. The predicted molar refractivity (Wildman–Crippen MR) is 61.1 cm³/mol. The molecule has 1 saturated heterocycles. The SMILES string of the molecule is CCc1cnc(N(C)C2CCNC2)nc1. The van der Waals surface area contributed by atoms with Crippen molar-refractivity contribution in [3.63, 3.8) is 0 Å². The van der Waals surface area contributed by atoms with E-state index in [4.69, 9.17) is 0 Å². The summed E-state index contributed by atoms with van der Waals surface area (Å²) in [5.74, 6) is 0.834. The first-order chi connectivity index (χ1) is 7.31. The maximum atomic E-state index is 4.38. The fourth-order valence-electron chi connectivity index (χ4n) is 1.85. The Balaban J connectivity index is 2.07. The van der Waals surface area contributed by atoms with Gasteiger partial charge in [-0.2, -0.15) is 0 Å². The van der Waals surface area contributed by atoms with Gasteiger partial charge in [0, 0.05) is 32.0 Å². The Kier molecular flexibility index (Phi) is 3.16. The van der Waals surface area contributed by atoms with E-state index in [0.29, 0.717) is 6.04 Å². The molecule has 2 heterocycles. The van der Waals surface area contributed by atoms with Crippen molar-refractivity contribution in [2.45, 2.75) is 25.8 Å². The molecule has 0 aromatic carbocycles. The second-order valence-electron chi connectivity index (χ2n) is 4.00. The highest BCUT2D eigenvalue weighted by atomic mass is 15.3. The van der Waals surface area contributed by atoms with E-state index in [1.165, 1.54) is 12.0 Å². The molecule has 15 heavy (non-hydrogen) atoms. The van der Waals surface area contributed by atoms with Gasteiger partial charge in [-0.3, -0.25) is 0 Å². The quantitative estimate of drug-likeness (QED) is 0.795. The summed E-state index contributed by atoms with van der Waals surface area (Å²) in [7, 11) is 2.07. The lowest BCUT2D eigenvalue weighted by atomic mass is 10.2. The molecule has 1 fully saturated rings. The lowest BCUT2D eigenvalue weighted by molar-refractivity contribution is 0.667. The standard InChI is InChI=1S/C11H18N4/c1-3-9-6-13-11(14-7-9)15(2)10-4-5-12-8-10/h6-7,10,12H,3-5,8H2,1-2H3. The second kappa shape index (κ2) is 4.57. The largest absolute Gasteiger partial charge is 0.340 e. The molecule has 0 saturated carbocycles. The molecule has 2 rings (SSSR count). The van der Waals surface area contributed by atoms with Gasteiger partial charge in [-0.05, 0) is 24.9 Å². The third-order valence-corrected chi connectivity index (χ3v) is 3.00. The van der Waals surface area contributed by atoms with Gasteiger partial charge in [0.25, 0.3) is 0 Å². The minimum atomic E-state index is 0.539. The molecule has 0 aliphatic carbocycles. The van der Waals surface area contributed by atoms with E-state index in [-0.39, 0.29) is 0 Å². The van der Waals surface area contributed by atoms with E-state index in [0.717, 1.165) is 25.5 Å². The smallest absolute Gasteiger partial charge is 0.225 e. The van der Waals surface area contributed by atoms with Crippen LogP contribution in [-0.4, -0.2) is 36.1 Å². The van der Waals surface area contributed by atoms with E-state index in [1.54, 1.807) is 0 Å². The Labute approximate surface area is 90.7 Å². The van der Waals surface area contributed by atoms with Crippen molar-refractivity contribution >= 4 is 5.95 Å². The number of rotatable bonds is 3. The van der Waals surface area contributed by atoms with Gasteiger partial charge in [0.2, 0.25) is 5.95 Å². The molecule has 0 spiro atoms. The molecule has 0 bridgehead atoms. The molecular weight excluding hydrogens is 188 g/mol. The van der Waals surface area contributed by atoms with Gasteiger partial charge in [-0.15, -0.1) is 0 Å². The topological polar surface area (TPSA) is 41.1 Å². The maximum absolute atomic E-state index is 4.38. The monoisotopic (exact) mass is 206 g/mol. The van der Waals surface area contributed by atoms with Crippen molar-refractivity contribution in [2.24, 2.45) is 0 Å². The Morgan fingerprint density at radius 3 is 2.73 bits per heavy atom. The summed E-state index contributed by atoms with van der Waals surface area (Å²) in [5.41, 5.74) is 1.19. The van der Waals surface area contributed by atoms with Crippen LogP contribution >= 0.6 is 0 Å². The van der Waals surface area contributed by atoms with Gasteiger partial charge in [0.05, 0.1) is 0 Å². The average molecular weight is 206 g/mol. The van der Waals surface area contributed by atoms with Crippen LogP contribution in [0, 0.1) is 0 Å². The summed E-state index contributed by atoms with van der Waals surface area (Å²) in [4.78, 5) is 10.9. The Morgan fingerprint density at radius 1 is 1.47 bits per heavy atom. The Hall–Kier alpha value is -1.16. The van der Waals surface area contributed by atoms with E-state index in [1.807, 2.05) is 12.4 Å². The van der Waals surface area contributed by atoms with Crippen molar-refractivity contribution in [1.29, 1.82) is 0 Å². The van der Waals surface area contributed by atoms with Gasteiger partial charge in [0.1, 0.15) is 0 Å². The Bertz CT molecular complexity index is 303. The van der Waals surface area contributed by atoms with Crippen LogP contribution in [0.2, 0.25) is 0 Å². The van der Waals surface area contributed by atoms with E-state index in [9.17, 15) is 0 Å². The maximum Gasteiger partial charge on any atom is 0.225 e. The summed E-state index contributed by atoms with van der Waals surface area (Å²) in [6.45, 7) is 4.25. The number of aryl methyl sites for hydroxylation is 1. The summed E-state index contributed by atoms with van der Waals surface area (Å²) >= 11 is 0. The highest BCUT2D eigenvalue weighted by Crippen LogP contribution is 2.13. The molecule has 1 aromatic rings. The zero-order chi connectivity index (χ0) is 10.7. The van der Waals surface area contributed by atoms with E-state index >= 15 is 0 Å². The Morgan fingerprint density at radius 2 is 2.20 bits per heavy atom. The molecule has 4 nitrogen and oxygen atoms in total. The van der Waals surface area contributed by atoms with Crippen LogP contribution in [0.25, 0.3) is 0 Å². The first-order valence-corrected chi connectivity index (χ1v) is 5.55. The molecule has 4 heteroatoms. The van der Waals surface area contributed by atoms with Crippen molar-refractivity contribution in [3.05, 3.63) is 18.0 Å².